The molecule has 0 radical (unpaired) electrons. The molecule has 0 fully saturated rings. The monoisotopic (exact) mass is 390 g/mol. The first-order valence-electron chi connectivity index (χ1n) is 7.07. The van der Waals surface area contributed by atoms with Gasteiger partial charge in [-0.15, -0.1) is 0 Å². The van der Waals surface area contributed by atoms with Crippen LogP contribution in [0.25, 0.3) is 5.69 Å². The standard InChI is InChI=1S/C15H17Cl3N4O2/c1-9-12(20-14(15(16,17)18)19-10(2)23)13(24)22(21(9)3)11-7-5-4-6-8-11/h4-8,14,20H,1-3H3,(H,19,23). The maximum Gasteiger partial charge on any atom is 0.295 e. The number of nitrogens with one attached hydrogen (secondary N) is 2. The van der Waals surface area contributed by atoms with Crippen molar-refractivity contribution >= 4 is 46.4 Å². The molecule has 0 saturated heterocycles. The van der Waals surface area contributed by atoms with E-state index in [1.165, 1.54) is 11.6 Å². The van der Waals surface area contributed by atoms with Gasteiger partial charge in [0.25, 0.3) is 5.56 Å². The van der Waals surface area contributed by atoms with Crippen LogP contribution >= 0.6 is 34.8 Å². The smallest absolute Gasteiger partial charge is 0.295 e. The van der Waals surface area contributed by atoms with Crippen LogP contribution < -0.4 is 16.2 Å². The zero-order chi connectivity index (χ0) is 18.1. The number of hydrogen-bond donors (Lipinski definition) is 2. The van der Waals surface area contributed by atoms with Crippen molar-refractivity contribution in [2.24, 2.45) is 7.05 Å². The van der Waals surface area contributed by atoms with Crippen molar-refractivity contribution in [3.05, 3.63) is 46.4 Å². The average Bonchev–Trinajstić information content (AvgIpc) is 2.70. The van der Waals surface area contributed by atoms with Gasteiger partial charge in [0.05, 0.1) is 11.4 Å². The van der Waals surface area contributed by atoms with Crippen molar-refractivity contribution in [1.29, 1.82) is 0 Å². The maximum absolute atomic E-state index is 12.8. The summed E-state index contributed by atoms with van der Waals surface area (Å²) in [5, 5.41) is 5.32. The highest BCUT2D eigenvalue weighted by molar-refractivity contribution is 6.68. The number of carbonyl (C=O) groups excluding carboxylic acids is 1. The van der Waals surface area contributed by atoms with E-state index < -0.39 is 15.9 Å². The molecule has 0 aliphatic heterocycles. The van der Waals surface area contributed by atoms with E-state index in [2.05, 4.69) is 10.6 Å². The van der Waals surface area contributed by atoms with E-state index in [4.69, 9.17) is 34.8 Å². The minimum atomic E-state index is -1.84. The molecule has 0 saturated carbocycles. The first-order chi connectivity index (χ1) is 11.1. The largest absolute Gasteiger partial charge is 0.356 e. The number of hydrogen-bond acceptors (Lipinski definition) is 3. The van der Waals surface area contributed by atoms with Crippen LogP contribution in [0.5, 0.6) is 0 Å². The molecular formula is C15H17Cl3N4O2. The van der Waals surface area contributed by atoms with Crippen molar-refractivity contribution in [2.75, 3.05) is 5.32 Å². The van der Waals surface area contributed by atoms with Crippen molar-refractivity contribution in [3.8, 4) is 5.69 Å². The van der Waals surface area contributed by atoms with Gasteiger partial charge in [0.1, 0.15) is 11.9 Å². The molecule has 2 aromatic rings. The number of nitrogens with zero attached hydrogens (tertiary/aromatic N) is 2. The van der Waals surface area contributed by atoms with Crippen molar-refractivity contribution in [3.63, 3.8) is 0 Å². The third kappa shape index (κ3) is 3.88. The number of alkyl halides is 3. The highest BCUT2D eigenvalue weighted by Crippen LogP contribution is 2.31. The van der Waals surface area contributed by atoms with Crippen LogP contribution in [0, 0.1) is 6.92 Å². The molecular weight excluding hydrogens is 375 g/mol. The maximum atomic E-state index is 12.8. The zero-order valence-electron chi connectivity index (χ0n) is 13.3. The van der Waals surface area contributed by atoms with E-state index >= 15 is 0 Å². The van der Waals surface area contributed by atoms with Gasteiger partial charge in [0.2, 0.25) is 9.70 Å². The summed E-state index contributed by atoms with van der Waals surface area (Å²) in [6.07, 6.45) is -1.06. The van der Waals surface area contributed by atoms with Crippen LogP contribution in [0.15, 0.2) is 35.1 Å². The molecule has 1 heterocycles. The van der Waals surface area contributed by atoms with E-state index in [9.17, 15) is 9.59 Å². The van der Waals surface area contributed by atoms with Gasteiger partial charge >= 0.3 is 0 Å². The van der Waals surface area contributed by atoms with Crippen LogP contribution in [-0.2, 0) is 11.8 Å². The quantitative estimate of drug-likeness (QED) is 0.622. The van der Waals surface area contributed by atoms with Crippen molar-refractivity contribution < 1.29 is 4.79 Å². The molecule has 1 unspecified atom stereocenters. The van der Waals surface area contributed by atoms with Crippen molar-refractivity contribution in [2.45, 2.75) is 23.8 Å². The molecule has 1 amide bonds. The minimum absolute atomic E-state index is 0.242. The molecule has 6 nitrogen and oxygen atoms in total. The number of benzene rings is 1. The number of aromatic nitrogens is 2. The third-order valence-corrected chi connectivity index (χ3v) is 4.17. The predicted octanol–water partition coefficient (Wildman–Crippen LogP) is 2.73. The topological polar surface area (TPSA) is 68.1 Å². The summed E-state index contributed by atoms with van der Waals surface area (Å²) in [6, 6.07) is 9.14. The molecule has 2 rings (SSSR count). The zero-order valence-corrected chi connectivity index (χ0v) is 15.6. The molecule has 0 bridgehead atoms. The number of carbonyl (C=O) groups is 1. The van der Waals surface area contributed by atoms with Crippen LogP contribution in [0.1, 0.15) is 12.6 Å². The Labute approximate surface area is 154 Å². The van der Waals surface area contributed by atoms with Crippen LogP contribution in [-0.4, -0.2) is 25.2 Å². The second-order valence-corrected chi connectivity index (χ2v) is 7.62. The van der Waals surface area contributed by atoms with E-state index in [1.807, 2.05) is 30.3 Å². The lowest BCUT2D eigenvalue weighted by atomic mass is 10.3. The molecule has 0 aliphatic carbocycles. The molecule has 0 aliphatic rings. The molecule has 1 atom stereocenters. The van der Waals surface area contributed by atoms with Crippen LogP contribution in [0.3, 0.4) is 0 Å². The number of halogens is 3. The summed E-state index contributed by atoms with van der Waals surface area (Å²) in [5.41, 5.74) is 1.26. The Morgan fingerprint density at radius 3 is 2.29 bits per heavy atom. The molecule has 130 valence electrons. The number of amides is 1. The Hall–Kier alpha value is -1.63. The highest BCUT2D eigenvalue weighted by atomic mass is 35.6. The molecule has 24 heavy (non-hydrogen) atoms. The number of rotatable bonds is 4. The second-order valence-electron chi connectivity index (χ2n) is 5.26. The minimum Gasteiger partial charge on any atom is -0.356 e. The highest BCUT2D eigenvalue weighted by Gasteiger charge is 2.35. The lowest BCUT2D eigenvalue weighted by Crippen LogP contribution is -2.49. The van der Waals surface area contributed by atoms with E-state index in [-0.39, 0.29) is 11.2 Å². The summed E-state index contributed by atoms with van der Waals surface area (Å²) >= 11 is 17.7. The molecule has 0 spiro atoms. The van der Waals surface area contributed by atoms with Gasteiger partial charge in [-0.1, -0.05) is 53.0 Å². The fraction of sp³-hybridized carbons (Fsp3) is 0.333. The molecule has 1 aromatic heterocycles. The Bertz CT molecular complexity index is 794. The SMILES string of the molecule is CC(=O)NC(Nc1c(C)n(C)n(-c2ccccc2)c1=O)C(Cl)(Cl)Cl. The first kappa shape index (κ1) is 18.7. The fourth-order valence-electron chi connectivity index (χ4n) is 2.28. The average molecular weight is 392 g/mol. The summed E-state index contributed by atoms with van der Waals surface area (Å²) in [4.78, 5) is 24.1. The van der Waals surface area contributed by atoms with E-state index in [0.29, 0.717) is 11.4 Å². The Kier molecular flexibility index (Phi) is 5.52. The van der Waals surface area contributed by atoms with E-state index in [0.717, 1.165) is 0 Å². The Morgan fingerprint density at radius 2 is 1.79 bits per heavy atom. The lowest BCUT2D eigenvalue weighted by molar-refractivity contribution is -0.119. The van der Waals surface area contributed by atoms with E-state index in [1.54, 1.807) is 18.7 Å². The van der Waals surface area contributed by atoms with Gasteiger partial charge in [0.15, 0.2) is 0 Å². The van der Waals surface area contributed by atoms with Gasteiger partial charge < -0.3 is 10.6 Å². The van der Waals surface area contributed by atoms with Crippen molar-refractivity contribution in [1.82, 2.24) is 14.7 Å². The summed E-state index contributed by atoms with van der Waals surface area (Å²) in [5.74, 6) is -0.393. The lowest BCUT2D eigenvalue weighted by Gasteiger charge is -2.26. The van der Waals surface area contributed by atoms with Gasteiger partial charge in [-0.2, -0.15) is 0 Å². The molecule has 9 heteroatoms. The Morgan fingerprint density at radius 1 is 1.21 bits per heavy atom. The molecule has 2 N–H and O–H groups in total. The summed E-state index contributed by atoms with van der Waals surface area (Å²) in [7, 11) is 1.75. The number of anilines is 1. The summed E-state index contributed by atoms with van der Waals surface area (Å²) < 4.78 is 1.34. The molecule has 1 aromatic carbocycles. The normalized spacial score (nSPS) is 12.8. The van der Waals surface area contributed by atoms with Gasteiger partial charge in [-0.05, 0) is 19.1 Å². The first-order valence-corrected chi connectivity index (χ1v) is 8.20. The summed E-state index contributed by atoms with van der Waals surface area (Å²) in [6.45, 7) is 3.05. The van der Waals surface area contributed by atoms with Gasteiger partial charge in [-0.3, -0.25) is 14.3 Å². The van der Waals surface area contributed by atoms with Gasteiger partial charge in [-0.25, -0.2) is 4.68 Å². The van der Waals surface area contributed by atoms with Crippen LogP contribution in [0.2, 0.25) is 0 Å². The predicted molar refractivity (Wildman–Crippen MR) is 97.3 cm³/mol. The van der Waals surface area contributed by atoms with Crippen LogP contribution in [0.4, 0.5) is 5.69 Å². The second kappa shape index (κ2) is 7.09. The number of para-hydroxylation sites is 1. The Balaban J connectivity index is 2.48. The van der Waals surface area contributed by atoms with Gasteiger partial charge in [0, 0.05) is 14.0 Å². The third-order valence-electron chi connectivity index (χ3n) is 3.52. The fourth-order valence-corrected chi connectivity index (χ4v) is 2.61.